The molecule has 0 unspecified atom stereocenters. The highest BCUT2D eigenvalue weighted by Crippen LogP contribution is 2.29. The number of methoxy groups -OCH3 is 1. The molecule has 0 radical (unpaired) electrons. The summed E-state index contributed by atoms with van der Waals surface area (Å²) in [6.07, 6.45) is 0. The van der Waals surface area contributed by atoms with Gasteiger partial charge in [0.1, 0.15) is 5.75 Å². The van der Waals surface area contributed by atoms with Crippen molar-refractivity contribution in [2.45, 2.75) is 20.4 Å². The first-order chi connectivity index (χ1) is 8.15. The Hall–Kier alpha value is -0.580. The number of benzene rings is 1. The summed E-state index contributed by atoms with van der Waals surface area (Å²) in [4.78, 5) is 0. The third kappa shape index (κ3) is 5.06. The van der Waals surface area contributed by atoms with Gasteiger partial charge < -0.3 is 14.8 Å². The number of para-hydroxylation sites is 1. The minimum Gasteiger partial charge on any atom is -0.466 e. The van der Waals surface area contributed by atoms with E-state index in [0.717, 1.165) is 28.9 Å². The Kier molecular flexibility index (Phi) is 6.55. The van der Waals surface area contributed by atoms with E-state index >= 15 is 0 Å². The molecule has 0 saturated heterocycles. The van der Waals surface area contributed by atoms with Gasteiger partial charge in [-0.25, -0.2) is 0 Å². The second kappa shape index (κ2) is 7.69. The molecule has 17 heavy (non-hydrogen) atoms. The Bertz CT molecular complexity index is 342. The fraction of sp³-hybridized carbons (Fsp3) is 0.538. The topological polar surface area (TPSA) is 30.5 Å². The summed E-state index contributed by atoms with van der Waals surface area (Å²) in [5, 5.41) is 3.40. The molecule has 0 aromatic heterocycles. The van der Waals surface area contributed by atoms with Crippen molar-refractivity contribution in [2.75, 3.05) is 20.4 Å². The molecule has 0 heterocycles. The third-order valence-corrected chi connectivity index (χ3v) is 2.86. The Morgan fingerprint density at radius 1 is 1.35 bits per heavy atom. The van der Waals surface area contributed by atoms with Gasteiger partial charge in [-0.2, -0.15) is 0 Å². The van der Waals surface area contributed by atoms with Crippen LogP contribution in [0.25, 0.3) is 0 Å². The van der Waals surface area contributed by atoms with Crippen LogP contribution in [0.4, 0.5) is 0 Å². The van der Waals surface area contributed by atoms with Crippen LogP contribution in [0.15, 0.2) is 22.7 Å². The van der Waals surface area contributed by atoms with E-state index in [1.807, 2.05) is 12.1 Å². The SMILES string of the molecule is COCOc1c(Br)cccc1CNCC(C)C. The molecule has 1 rings (SSSR count). The lowest BCUT2D eigenvalue weighted by atomic mass is 10.2. The maximum absolute atomic E-state index is 5.57. The van der Waals surface area contributed by atoms with Crippen LogP contribution >= 0.6 is 15.9 Å². The predicted octanol–water partition coefficient (Wildman–Crippen LogP) is 3.18. The molecule has 1 N–H and O–H groups in total. The van der Waals surface area contributed by atoms with Gasteiger partial charge in [-0.05, 0) is 34.5 Å². The van der Waals surface area contributed by atoms with Crippen molar-refractivity contribution in [3.63, 3.8) is 0 Å². The molecule has 0 aliphatic rings. The van der Waals surface area contributed by atoms with E-state index in [9.17, 15) is 0 Å². The highest BCUT2D eigenvalue weighted by atomic mass is 79.9. The Morgan fingerprint density at radius 2 is 2.12 bits per heavy atom. The van der Waals surface area contributed by atoms with E-state index < -0.39 is 0 Å². The second-order valence-corrected chi connectivity index (χ2v) is 5.16. The molecule has 0 aliphatic heterocycles. The monoisotopic (exact) mass is 301 g/mol. The fourth-order valence-corrected chi connectivity index (χ4v) is 1.99. The number of halogens is 1. The standard InChI is InChI=1S/C13H20BrNO2/c1-10(2)7-15-8-11-5-4-6-12(14)13(11)17-9-16-3/h4-6,10,15H,7-9H2,1-3H3. The quantitative estimate of drug-likeness (QED) is 0.785. The van der Waals surface area contributed by atoms with Crippen molar-refractivity contribution in [1.29, 1.82) is 0 Å². The highest BCUT2D eigenvalue weighted by molar-refractivity contribution is 9.10. The first-order valence-corrected chi connectivity index (χ1v) is 6.54. The van der Waals surface area contributed by atoms with Crippen molar-refractivity contribution in [2.24, 2.45) is 5.92 Å². The molecule has 0 fully saturated rings. The number of ether oxygens (including phenoxy) is 2. The summed E-state index contributed by atoms with van der Waals surface area (Å²) in [6, 6.07) is 6.04. The molecule has 0 atom stereocenters. The molecule has 96 valence electrons. The Morgan fingerprint density at radius 3 is 2.76 bits per heavy atom. The molecule has 1 aromatic carbocycles. The van der Waals surface area contributed by atoms with Gasteiger partial charge in [-0.15, -0.1) is 0 Å². The Balaban J connectivity index is 2.65. The minimum absolute atomic E-state index is 0.264. The number of rotatable bonds is 7. The van der Waals surface area contributed by atoms with Gasteiger partial charge in [0.05, 0.1) is 4.47 Å². The van der Waals surface area contributed by atoms with E-state index in [4.69, 9.17) is 9.47 Å². The van der Waals surface area contributed by atoms with Gasteiger partial charge in [-0.3, -0.25) is 0 Å². The van der Waals surface area contributed by atoms with Crippen LogP contribution in [-0.4, -0.2) is 20.4 Å². The highest BCUT2D eigenvalue weighted by Gasteiger charge is 2.07. The van der Waals surface area contributed by atoms with Crippen LogP contribution in [0.2, 0.25) is 0 Å². The van der Waals surface area contributed by atoms with Crippen LogP contribution in [-0.2, 0) is 11.3 Å². The van der Waals surface area contributed by atoms with Crippen LogP contribution in [0.3, 0.4) is 0 Å². The average molecular weight is 302 g/mol. The van der Waals surface area contributed by atoms with Crippen molar-refractivity contribution >= 4 is 15.9 Å². The molecular weight excluding hydrogens is 282 g/mol. The van der Waals surface area contributed by atoms with E-state index in [1.165, 1.54) is 0 Å². The van der Waals surface area contributed by atoms with Gasteiger partial charge in [0, 0.05) is 19.2 Å². The molecule has 0 amide bonds. The van der Waals surface area contributed by atoms with Crippen molar-refractivity contribution in [1.82, 2.24) is 5.32 Å². The molecule has 3 nitrogen and oxygen atoms in total. The smallest absolute Gasteiger partial charge is 0.188 e. The van der Waals surface area contributed by atoms with E-state index in [2.05, 4.69) is 41.2 Å². The lowest BCUT2D eigenvalue weighted by Crippen LogP contribution is -2.19. The van der Waals surface area contributed by atoms with Crippen LogP contribution in [0.1, 0.15) is 19.4 Å². The molecule has 4 heteroatoms. The molecule has 0 aliphatic carbocycles. The normalized spacial score (nSPS) is 10.9. The van der Waals surface area contributed by atoms with Crippen LogP contribution in [0, 0.1) is 5.92 Å². The summed E-state index contributed by atoms with van der Waals surface area (Å²) in [7, 11) is 1.62. The largest absolute Gasteiger partial charge is 0.466 e. The van der Waals surface area contributed by atoms with Crippen LogP contribution in [0.5, 0.6) is 5.75 Å². The molecule has 0 saturated carbocycles. The first-order valence-electron chi connectivity index (χ1n) is 5.75. The summed E-state index contributed by atoms with van der Waals surface area (Å²) in [5.41, 5.74) is 1.14. The predicted molar refractivity (Wildman–Crippen MR) is 73.2 cm³/mol. The van der Waals surface area contributed by atoms with E-state index in [0.29, 0.717) is 5.92 Å². The lowest BCUT2D eigenvalue weighted by molar-refractivity contribution is 0.0498. The summed E-state index contributed by atoms with van der Waals surface area (Å²) in [6.45, 7) is 6.44. The van der Waals surface area contributed by atoms with Crippen molar-refractivity contribution < 1.29 is 9.47 Å². The summed E-state index contributed by atoms with van der Waals surface area (Å²) < 4.78 is 11.5. The molecule has 0 spiro atoms. The van der Waals surface area contributed by atoms with Crippen LogP contribution < -0.4 is 10.1 Å². The molecular formula is C13H20BrNO2. The fourth-order valence-electron chi connectivity index (χ4n) is 1.47. The number of hydrogen-bond acceptors (Lipinski definition) is 3. The molecule has 0 bridgehead atoms. The zero-order valence-electron chi connectivity index (χ0n) is 10.6. The van der Waals surface area contributed by atoms with E-state index in [1.54, 1.807) is 7.11 Å². The van der Waals surface area contributed by atoms with Gasteiger partial charge >= 0.3 is 0 Å². The van der Waals surface area contributed by atoms with Gasteiger partial charge in [0.15, 0.2) is 6.79 Å². The minimum atomic E-state index is 0.264. The van der Waals surface area contributed by atoms with Gasteiger partial charge in [0.25, 0.3) is 0 Å². The summed E-state index contributed by atoms with van der Waals surface area (Å²) in [5.74, 6) is 1.50. The van der Waals surface area contributed by atoms with Crippen molar-refractivity contribution in [3.8, 4) is 5.75 Å². The second-order valence-electron chi connectivity index (χ2n) is 4.30. The summed E-state index contributed by atoms with van der Waals surface area (Å²) >= 11 is 3.49. The lowest BCUT2D eigenvalue weighted by Gasteiger charge is -2.14. The Labute approximate surface area is 112 Å². The zero-order valence-corrected chi connectivity index (χ0v) is 12.2. The first kappa shape index (κ1) is 14.5. The average Bonchev–Trinajstić information content (AvgIpc) is 2.28. The maximum Gasteiger partial charge on any atom is 0.188 e. The zero-order chi connectivity index (χ0) is 12.7. The van der Waals surface area contributed by atoms with E-state index in [-0.39, 0.29) is 6.79 Å². The third-order valence-electron chi connectivity index (χ3n) is 2.24. The van der Waals surface area contributed by atoms with Gasteiger partial charge in [-0.1, -0.05) is 26.0 Å². The van der Waals surface area contributed by atoms with Crippen molar-refractivity contribution in [3.05, 3.63) is 28.2 Å². The number of nitrogens with one attached hydrogen (secondary N) is 1. The number of hydrogen-bond donors (Lipinski definition) is 1. The molecule has 1 aromatic rings. The maximum atomic E-state index is 5.57. The van der Waals surface area contributed by atoms with Gasteiger partial charge in [0.2, 0.25) is 0 Å².